The maximum Gasteiger partial charge on any atom is 0.413 e. The van der Waals surface area contributed by atoms with Gasteiger partial charge in [-0.3, -0.25) is 20.1 Å². The van der Waals surface area contributed by atoms with Crippen LogP contribution in [0.1, 0.15) is 79.0 Å². The molecular weight excluding hydrogens is 633 g/mol. The molecule has 1 amide bonds. The molecule has 0 spiro atoms. The first kappa shape index (κ1) is 33.5. The molecule has 0 radical (unpaired) electrons. The SMILES string of the molecule is COC(=O)NC(=NC[C@@H](C)c1c(-c2cc(C)cc(C)c2)[nH]c2sc(C(C)(C)C(=O)C3C4CCC3NC4)cc12)N1CCC(c2ccncc2)C1. The van der Waals surface area contributed by atoms with Gasteiger partial charge >= 0.3 is 6.09 Å². The van der Waals surface area contributed by atoms with E-state index in [-0.39, 0.29) is 11.8 Å². The molecule has 2 bridgehead atoms. The number of ketones is 1. The quantitative estimate of drug-likeness (QED) is 0.136. The van der Waals surface area contributed by atoms with Crippen molar-refractivity contribution in [1.82, 2.24) is 25.5 Å². The second-order valence-corrected chi connectivity index (χ2v) is 16.0. The van der Waals surface area contributed by atoms with Gasteiger partial charge in [-0.25, -0.2) is 4.79 Å². The molecule has 3 N–H and O–H groups in total. The van der Waals surface area contributed by atoms with Crippen molar-refractivity contribution in [2.45, 2.75) is 77.2 Å². The molecule has 49 heavy (non-hydrogen) atoms. The lowest BCUT2D eigenvalue weighted by atomic mass is 9.76. The van der Waals surface area contributed by atoms with Crippen molar-refractivity contribution in [3.05, 3.63) is 75.9 Å². The topological polar surface area (TPSA) is 112 Å². The fourth-order valence-electron chi connectivity index (χ4n) is 8.48. The molecule has 7 rings (SSSR count). The van der Waals surface area contributed by atoms with Gasteiger partial charge in [0.2, 0.25) is 5.96 Å². The number of carbonyl (C=O) groups excluding carboxylic acids is 2. The van der Waals surface area contributed by atoms with E-state index in [1.54, 1.807) is 11.3 Å². The molecule has 1 aromatic carbocycles. The fourth-order valence-corrected chi connectivity index (χ4v) is 9.66. The van der Waals surface area contributed by atoms with Gasteiger partial charge in [-0.05, 0) is 106 Å². The molecular formula is C39H48N6O3S. The molecule has 9 nitrogen and oxygen atoms in total. The van der Waals surface area contributed by atoms with Crippen LogP contribution in [-0.2, 0) is 14.9 Å². The minimum Gasteiger partial charge on any atom is -0.453 e. The van der Waals surface area contributed by atoms with Crippen molar-refractivity contribution in [2.75, 3.05) is 33.3 Å². The van der Waals surface area contributed by atoms with Gasteiger partial charge in [0.05, 0.1) is 18.2 Å². The number of likely N-dealkylation sites (tertiary alicyclic amines) is 1. The highest BCUT2D eigenvalue weighted by molar-refractivity contribution is 7.19. The van der Waals surface area contributed by atoms with Gasteiger partial charge in [-0.1, -0.05) is 24.1 Å². The van der Waals surface area contributed by atoms with Crippen LogP contribution >= 0.6 is 11.3 Å². The van der Waals surface area contributed by atoms with Crippen LogP contribution in [0.15, 0.2) is 53.8 Å². The summed E-state index contributed by atoms with van der Waals surface area (Å²) in [6.07, 6.45) is 6.33. The highest BCUT2D eigenvalue weighted by Crippen LogP contribution is 2.46. The summed E-state index contributed by atoms with van der Waals surface area (Å²) in [4.78, 5) is 44.0. The Hall–Kier alpha value is -4.02. The highest BCUT2D eigenvalue weighted by Gasteiger charge is 2.50. The van der Waals surface area contributed by atoms with Gasteiger partial charge in [0.25, 0.3) is 0 Å². The van der Waals surface area contributed by atoms with E-state index in [1.165, 1.54) is 29.4 Å². The lowest BCUT2D eigenvalue weighted by Crippen LogP contribution is -2.43. The summed E-state index contributed by atoms with van der Waals surface area (Å²) in [5.41, 5.74) is 6.49. The van der Waals surface area contributed by atoms with E-state index >= 15 is 0 Å². The third-order valence-corrected chi connectivity index (χ3v) is 12.5. The van der Waals surface area contributed by atoms with E-state index in [4.69, 9.17) is 9.73 Å². The Morgan fingerprint density at radius 3 is 2.53 bits per heavy atom. The molecule has 3 fully saturated rings. The maximum absolute atomic E-state index is 14.1. The summed E-state index contributed by atoms with van der Waals surface area (Å²) >= 11 is 1.71. The van der Waals surface area contributed by atoms with Gasteiger partial charge in [0.15, 0.2) is 0 Å². The monoisotopic (exact) mass is 680 g/mol. The lowest BCUT2D eigenvalue weighted by Gasteiger charge is -2.27. The number of aromatic amines is 1. The van der Waals surface area contributed by atoms with Crippen molar-refractivity contribution in [3.63, 3.8) is 0 Å². The second kappa shape index (κ2) is 13.4. The average molecular weight is 681 g/mol. The van der Waals surface area contributed by atoms with Gasteiger partial charge in [0, 0.05) is 66.1 Å². The molecule has 3 aliphatic rings. The molecule has 258 valence electrons. The zero-order chi connectivity index (χ0) is 34.4. The zero-order valence-corrected chi connectivity index (χ0v) is 30.2. The average Bonchev–Trinajstić information content (AvgIpc) is 3.92. The molecule has 5 atom stereocenters. The number of piperidine rings is 1. The Morgan fingerprint density at radius 1 is 1.12 bits per heavy atom. The first-order chi connectivity index (χ1) is 23.5. The van der Waals surface area contributed by atoms with Gasteiger partial charge in [-0.15, -0.1) is 11.3 Å². The Kier molecular flexibility index (Phi) is 9.13. The van der Waals surface area contributed by atoms with Gasteiger partial charge < -0.3 is 19.9 Å². The largest absolute Gasteiger partial charge is 0.453 e. The molecule has 2 saturated heterocycles. The number of guanidine groups is 1. The molecule has 4 aromatic rings. The van der Waals surface area contributed by atoms with Crippen LogP contribution < -0.4 is 10.6 Å². The van der Waals surface area contributed by atoms with Crippen LogP contribution in [0.2, 0.25) is 0 Å². The number of nitrogens with one attached hydrogen (secondary N) is 3. The van der Waals surface area contributed by atoms with Crippen LogP contribution in [-0.4, -0.2) is 72.0 Å². The van der Waals surface area contributed by atoms with Gasteiger partial charge in [0.1, 0.15) is 10.6 Å². The smallest absolute Gasteiger partial charge is 0.413 e. The van der Waals surface area contributed by atoms with Crippen molar-refractivity contribution in [2.24, 2.45) is 16.8 Å². The number of aromatic nitrogens is 2. The van der Waals surface area contributed by atoms with E-state index in [0.717, 1.165) is 65.2 Å². The van der Waals surface area contributed by atoms with Crippen molar-refractivity contribution in [1.29, 1.82) is 0 Å². The number of methoxy groups -OCH3 is 1. The molecule has 3 aromatic heterocycles. The molecule has 2 aliphatic heterocycles. The number of rotatable bonds is 8. The number of Topliss-reactive ketones (excluding diaryl/α,β-unsaturated/α-hetero) is 1. The third-order valence-electron chi connectivity index (χ3n) is 11.1. The summed E-state index contributed by atoms with van der Waals surface area (Å²) in [6, 6.07) is 13.3. The number of pyridine rings is 1. The number of benzene rings is 1. The Balaban J connectivity index is 1.23. The number of alkyl carbamates (subject to hydrolysis) is 1. The van der Waals surface area contributed by atoms with E-state index in [0.29, 0.717) is 36.2 Å². The number of aliphatic imine (C=N–C) groups is 1. The number of ether oxygens (including phenoxy) is 1. The summed E-state index contributed by atoms with van der Waals surface area (Å²) in [5, 5.41) is 7.64. The van der Waals surface area contributed by atoms with E-state index < -0.39 is 11.5 Å². The Morgan fingerprint density at radius 2 is 1.88 bits per heavy atom. The molecule has 10 heteroatoms. The van der Waals surface area contributed by atoms with E-state index in [9.17, 15) is 9.59 Å². The lowest BCUT2D eigenvalue weighted by molar-refractivity contribution is -0.128. The number of hydrogen-bond donors (Lipinski definition) is 3. The van der Waals surface area contributed by atoms with Crippen molar-refractivity contribution >= 4 is 39.4 Å². The van der Waals surface area contributed by atoms with E-state index in [2.05, 4.69) is 96.5 Å². The van der Waals surface area contributed by atoms with E-state index in [1.807, 2.05) is 12.4 Å². The van der Waals surface area contributed by atoms with Crippen LogP contribution in [0.3, 0.4) is 0 Å². The van der Waals surface area contributed by atoms with Crippen LogP contribution in [0.4, 0.5) is 4.79 Å². The number of carbonyl (C=O) groups is 2. The number of nitrogens with zero attached hydrogens (tertiary/aromatic N) is 3. The minimum absolute atomic E-state index is 0.00810. The second-order valence-electron chi connectivity index (χ2n) is 14.9. The number of thiophene rings is 1. The summed E-state index contributed by atoms with van der Waals surface area (Å²) < 4.78 is 4.99. The summed E-state index contributed by atoms with van der Waals surface area (Å²) in [5.74, 6) is 1.78. The molecule has 4 unspecified atom stereocenters. The predicted molar refractivity (Wildman–Crippen MR) is 197 cm³/mol. The maximum atomic E-state index is 14.1. The fraction of sp³-hybridized carbons (Fsp3) is 0.487. The molecule has 1 saturated carbocycles. The van der Waals surface area contributed by atoms with Gasteiger partial charge in [-0.2, -0.15) is 0 Å². The highest BCUT2D eigenvalue weighted by atomic mass is 32.1. The number of amides is 1. The minimum atomic E-state index is -0.584. The number of aryl methyl sites for hydroxylation is 2. The Labute approximate surface area is 292 Å². The van der Waals surface area contributed by atoms with Crippen LogP contribution in [0.5, 0.6) is 0 Å². The van der Waals surface area contributed by atoms with Crippen molar-refractivity contribution in [3.8, 4) is 11.3 Å². The van der Waals surface area contributed by atoms with Crippen molar-refractivity contribution < 1.29 is 14.3 Å². The number of fused-ring (bicyclic) bond motifs is 3. The normalized spacial score (nSPS) is 23.0. The third kappa shape index (κ3) is 6.41. The summed E-state index contributed by atoms with van der Waals surface area (Å²) in [6.45, 7) is 13.6. The first-order valence-electron chi connectivity index (χ1n) is 17.6. The summed E-state index contributed by atoms with van der Waals surface area (Å²) in [7, 11) is 1.38. The Bertz CT molecular complexity index is 1850. The molecule has 5 heterocycles. The number of H-pyrrole nitrogens is 1. The zero-order valence-electron chi connectivity index (χ0n) is 29.4. The molecule has 1 aliphatic carbocycles. The standard InChI is InChI=1S/C39H48N6O3S/c1-22-15-23(2)17-28(16-22)34-32(29-18-31(49-36(29)43-34)39(4,5)35(46)33-26-7-8-30(33)41-20-26)24(3)19-42-37(44-38(47)48-6)45-14-11-27(21-45)25-9-12-40-13-10-25/h9-10,12-13,15-18,24,26-27,30,33,41,43H,7-8,11,14,19-21H2,1-6H3,(H,42,44,47)/t24-,26?,27?,30?,33?/m1/s1. The first-order valence-corrected chi connectivity index (χ1v) is 18.4. The van der Waals surface area contributed by atoms with Crippen LogP contribution in [0.25, 0.3) is 21.5 Å². The number of hydrogen-bond acceptors (Lipinski definition) is 7. The predicted octanol–water partition coefficient (Wildman–Crippen LogP) is 7.06. The van der Waals surface area contributed by atoms with Crippen LogP contribution in [0, 0.1) is 25.7 Å².